The van der Waals surface area contributed by atoms with Crippen LogP contribution in [0, 0.1) is 5.82 Å². The van der Waals surface area contributed by atoms with Crippen molar-refractivity contribution < 1.29 is 8.81 Å². The number of aromatic nitrogens is 1. The fourth-order valence-electron chi connectivity index (χ4n) is 1.68. The van der Waals surface area contributed by atoms with Gasteiger partial charge in [-0.2, -0.15) is 0 Å². The van der Waals surface area contributed by atoms with E-state index in [1.54, 1.807) is 0 Å². The molecule has 2 aromatic rings. The van der Waals surface area contributed by atoms with Crippen molar-refractivity contribution in [2.24, 2.45) is 5.73 Å². The van der Waals surface area contributed by atoms with Gasteiger partial charge < -0.3 is 10.2 Å². The Hall–Kier alpha value is -1.13. The number of fused-ring (bicyclic) bond motifs is 1. The number of oxazole rings is 1. The normalized spacial score (nSPS) is 13.2. The highest BCUT2D eigenvalue weighted by atomic mass is 35.5. The predicted octanol–water partition coefficient (Wildman–Crippen LogP) is 3.81. The smallest absolute Gasteiger partial charge is 0.212 e. The van der Waals surface area contributed by atoms with E-state index in [9.17, 15) is 4.39 Å². The lowest BCUT2D eigenvalue weighted by atomic mass is 10.1. The number of nitrogens with two attached hydrogens (primary N) is 1. The lowest BCUT2D eigenvalue weighted by Crippen LogP contribution is -2.10. The van der Waals surface area contributed by atoms with Crippen molar-refractivity contribution in [1.29, 1.82) is 0 Å². The lowest BCUT2D eigenvalue weighted by molar-refractivity contribution is 0.450. The van der Waals surface area contributed by atoms with Gasteiger partial charge in [0, 0.05) is 6.07 Å². The topological polar surface area (TPSA) is 52.0 Å². The highest BCUT2D eigenvalue weighted by molar-refractivity contribution is 6.34. The third kappa shape index (κ3) is 2.58. The van der Waals surface area contributed by atoms with Crippen LogP contribution >= 0.6 is 11.6 Å². The third-order valence-electron chi connectivity index (χ3n) is 2.61. The Morgan fingerprint density at radius 3 is 3.00 bits per heavy atom. The van der Waals surface area contributed by atoms with E-state index in [1.807, 2.05) is 0 Å². The van der Waals surface area contributed by atoms with Crippen molar-refractivity contribution in [3.8, 4) is 0 Å². The second-order valence-corrected chi connectivity index (χ2v) is 4.44. The molecule has 0 saturated heterocycles. The van der Waals surface area contributed by atoms with E-state index < -0.39 is 5.82 Å². The molecule has 0 aliphatic rings. The standard InChI is InChI=1S/C12H14ClFN2O/c1-2-3-4-9(15)12-16-10-6-7(14)5-8(13)11(10)17-12/h5-6,9H,2-4,15H2,1H3. The molecule has 1 unspecified atom stereocenters. The Morgan fingerprint density at radius 1 is 1.53 bits per heavy atom. The highest BCUT2D eigenvalue weighted by Crippen LogP contribution is 2.28. The molecule has 1 heterocycles. The molecule has 0 amide bonds. The third-order valence-corrected chi connectivity index (χ3v) is 2.89. The van der Waals surface area contributed by atoms with E-state index >= 15 is 0 Å². The zero-order valence-corrected chi connectivity index (χ0v) is 10.3. The highest BCUT2D eigenvalue weighted by Gasteiger charge is 2.16. The number of benzene rings is 1. The lowest BCUT2D eigenvalue weighted by Gasteiger charge is -2.04. The summed E-state index contributed by atoms with van der Waals surface area (Å²) in [5, 5.41) is 0.224. The van der Waals surface area contributed by atoms with Crippen LogP contribution in [0.2, 0.25) is 5.02 Å². The van der Waals surface area contributed by atoms with E-state index in [1.165, 1.54) is 12.1 Å². The number of hydrogen-bond donors (Lipinski definition) is 1. The summed E-state index contributed by atoms with van der Waals surface area (Å²) in [4.78, 5) is 4.17. The summed E-state index contributed by atoms with van der Waals surface area (Å²) < 4.78 is 18.6. The average molecular weight is 257 g/mol. The van der Waals surface area contributed by atoms with Gasteiger partial charge in [-0.3, -0.25) is 0 Å². The van der Waals surface area contributed by atoms with Crippen LogP contribution in [-0.2, 0) is 0 Å². The van der Waals surface area contributed by atoms with Crippen molar-refractivity contribution in [2.75, 3.05) is 0 Å². The van der Waals surface area contributed by atoms with Gasteiger partial charge in [0.25, 0.3) is 0 Å². The Balaban J connectivity index is 2.34. The first-order valence-electron chi connectivity index (χ1n) is 5.63. The number of rotatable bonds is 4. The van der Waals surface area contributed by atoms with Gasteiger partial charge in [-0.05, 0) is 12.5 Å². The number of unbranched alkanes of at least 4 members (excludes halogenated alkanes) is 1. The van der Waals surface area contributed by atoms with Gasteiger partial charge >= 0.3 is 0 Å². The molecule has 0 saturated carbocycles. The summed E-state index contributed by atoms with van der Waals surface area (Å²) in [6.07, 6.45) is 2.86. The fourth-order valence-corrected chi connectivity index (χ4v) is 1.92. The van der Waals surface area contributed by atoms with Gasteiger partial charge in [-0.1, -0.05) is 31.4 Å². The number of halogens is 2. The van der Waals surface area contributed by atoms with Gasteiger partial charge in [0.05, 0.1) is 11.1 Å². The summed E-state index contributed by atoms with van der Waals surface area (Å²) in [6.45, 7) is 2.09. The van der Waals surface area contributed by atoms with Gasteiger partial charge in [0.15, 0.2) is 5.58 Å². The van der Waals surface area contributed by atoms with Crippen LogP contribution in [-0.4, -0.2) is 4.98 Å². The van der Waals surface area contributed by atoms with Crippen LogP contribution in [0.3, 0.4) is 0 Å². The summed E-state index contributed by atoms with van der Waals surface area (Å²) in [5.41, 5.74) is 6.75. The van der Waals surface area contributed by atoms with Gasteiger partial charge in [-0.25, -0.2) is 9.37 Å². The molecule has 2 N–H and O–H groups in total. The number of hydrogen-bond acceptors (Lipinski definition) is 3. The van der Waals surface area contributed by atoms with Crippen molar-refractivity contribution in [2.45, 2.75) is 32.2 Å². The van der Waals surface area contributed by atoms with E-state index in [2.05, 4.69) is 11.9 Å². The molecule has 0 spiro atoms. The van der Waals surface area contributed by atoms with Crippen LogP contribution in [0.1, 0.15) is 38.1 Å². The monoisotopic (exact) mass is 256 g/mol. The van der Waals surface area contributed by atoms with Gasteiger partial charge in [0.1, 0.15) is 11.3 Å². The predicted molar refractivity (Wildman–Crippen MR) is 65.4 cm³/mol. The molecule has 5 heteroatoms. The van der Waals surface area contributed by atoms with Crippen molar-refractivity contribution in [1.82, 2.24) is 4.98 Å². The first kappa shape index (κ1) is 12.3. The number of nitrogens with zero attached hydrogens (tertiary/aromatic N) is 1. The summed E-state index contributed by atoms with van der Waals surface area (Å²) in [5.74, 6) is -0.00886. The van der Waals surface area contributed by atoms with Gasteiger partial charge in [-0.15, -0.1) is 0 Å². The van der Waals surface area contributed by atoms with Crippen molar-refractivity contribution in [3.63, 3.8) is 0 Å². The van der Waals surface area contributed by atoms with E-state index in [-0.39, 0.29) is 11.1 Å². The molecule has 17 heavy (non-hydrogen) atoms. The first-order chi connectivity index (χ1) is 8.11. The zero-order chi connectivity index (χ0) is 12.4. The van der Waals surface area contributed by atoms with E-state index in [4.69, 9.17) is 21.8 Å². The molecule has 2 rings (SSSR count). The van der Waals surface area contributed by atoms with Crippen molar-refractivity contribution in [3.05, 3.63) is 28.9 Å². The molecule has 0 aliphatic heterocycles. The Labute approximate surface area is 104 Å². The van der Waals surface area contributed by atoms with Crippen molar-refractivity contribution >= 4 is 22.7 Å². The minimum Gasteiger partial charge on any atom is -0.437 e. The maximum Gasteiger partial charge on any atom is 0.212 e. The SMILES string of the molecule is CCCCC(N)c1nc2cc(F)cc(Cl)c2o1. The molecule has 92 valence electrons. The van der Waals surface area contributed by atoms with E-state index in [0.717, 1.165) is 19.3 Å². The average Bonchev–Trinajstić information content (AvgIpc) is 2.69. The Kier molecular flexibility index (Phi) is 3.64. The Bertz CT molecular complexity index is 526. The molecule has 0 aliphatic carbocycles. The second-order valence-electron chi connectivity index (χ2n) is 4.04. The van der Waals surface area contributed by atoms with Crippen LogP contribution in [0.25, 0.3) is 11.1 Å². The van der Waals surface area contributed by atoms with Crippen LogP contribution in [0.4, 0.5) is 4.39 Å². The molecular formula is C12H14ClFN2O. The molecule has 0 bridgehead atoms. The minimum atomic E-state index is -0.426. The molecule has 1 aromatic carbocycles. The summed E-state index contributed by atoms with van der Waals surface area (Å²) in [6, 6.07) is 2.23. The minimum absolute atomic E-state index is 0.224. The molecule has 0 fully saturated rings. The van der Waals surface area contributed by atoms with Gasteiger partial charge in [0.2, 0.25) is 5.89 Å². The fraction of sp³-hybridized carbons (Fsp3) is 0.417. The van der Waals surface area contributed by atoms with Crippen LogP contribution in [0.5, 0.6) is 0 Å². The molecule has 1 aromatic heterocycles. The first-order valence-corrected chi connectivity index (χ1v) is 6.00. The zero-order valence-electron chi connectivity index (χ0n) is 9.54. The maximum atomic E-state index is 13.1. The maximum absolute atomic E-state index is 13.1. The van der Waals surface area contributed by atoms with Crippen LogP contribution in [0.15, 0.2) is 16.5 Å². The summed E-state index contributed by atoms with van der Waals surface area (Å²) in [7, 11) is 0. The molecule has 1 atom stereocenters. The quantitative estimate of drug-likeness (QED) is 0.905. The van der Waals surface area contributed by atoms with E-state index in [0.29, 0.717) is 17.0 Å². The Morgan fingerprint density at radius 2 is 2.29 bits per heavy atom. The molecule has 3 nitrogen and oxygen atoms in total. The largest absolute Gasteiger partial charge is 0.437 e. The molecule has 0 radical (unpaired) electrons. The van der Waals surface area contributed by atoms with Crippen LogP contribution < -0.4 is 5.73 Å². The molecular weight excluding hydrogens is 243 g/mol. The second kappa shape index (κ2) is 5.02. The summed E-state index contributed by atoms with van der Waals surface area (Å²) >= 11 is 5.87.